The van der Waals surface area contributed by atoms with Crippen molar-refractivity contribution in [2.24, 2.45) is 5.10 Å². The zero-order valence-electron chi connectivity index (χ0n) is 15.3. The Hall–Kier alpha value is -3.16. The first-order chi connectivity index (χ1) is 13.0. The molecule has 7 nitrogen and oxygen atoms in total. The first kappa shape index (κ1) is 20.2. The predicted molar refractivity (Wildman–Crippen MR) is 102 cm³/mol. The van der Waals surface area contributed by atoms with Gasteiger partial charge in [-0.1, -0.05) is 13.8 Å². The van der Waals surface area contributed by atoms with Crippen LogP contribution in [0.2, 0.25) is 0 Å². The summed E-state index contributed by atoms with van der Waals surface area (Å²) in [7, 11) is 0. The maximum Gasteiger partial charge on any atom is 0.311 e. The fourth-order valence-corrected chi connectivity index (χ4v) is 2.17. The van der Waals surface area contributed by atoms with Crippen molar-refractivity contribution < 1.29 is 18.8 Å². The summed E-state index contributed by atoms with van der Waals surface area (Å²) >= 11 is 0. The second kappa shape index (κ2) is 10.1. The highest BCUT2D eigenvalue weighted by atomic mass is 19.1. The Morgan fingerprint density at radius 2 is 1.74 bits per heavy atom. The Labute approximate surface area is 157 Å². The number of ether oxygens (including phenoxy) is 2. The minimum absolute atomic E-state index is 0.157. The monoisotopic (exact) mass is 375 g/mol. The number of rotatable bonds is 10. The van der Waals surface area contributed by atoms with Crippen molar-refractivity contribution in [1.29, 1.82) is 0 Å². The Kier molecular flexibility index (Phi) is 7.54. The van der Waals surface area contributed by atoms with E-state index in [1.807, 2.05) is 13.8 Å². The average Bonchev–Trinajstić information content (AvgIpc) is 2.66. The Bertz CT molecular complexity index is 794. The van der Waals surface area contributed by atoms with Crippen LogP contribution in [0.3, 0.4) is 0 Å². The summed E-state index contributed by atoms with van der Waals surface area (Å²) in [6.07, 6.45) is 2.94. The predicted octanol–water partition coefficient (Wildman–Crippen LogP) is 4.76. The van der Waals surface area contributed by atoms with E-state index in [1.165, 1.54) is 42.6 Å². The van der Waals surface area contributed by atoms with Crippen LogP contribution >= 0.6 is 0 Å². The summed E-state index contributed by atoms with van der Waals surface area (Å²) in [5, 5.41) is 15.4. The van der Waals surface area contributed by atoms with E-state index >= 15 is 0 Å². The summed E-state index contributed by atoms with van der Waals surface area (Å²) in [5.74, 6) is 0.257. The number of halogens is 1. The van der Waals surface area contributed by atoms with Gasteiger partial charge < -0.3 is 9.47 Å². The number of anilines is 1. The number of nitrogens with zero attached hydrogens (tertiary/aromatic N) is 2. The van der Waals surface area contributed by atoms with Crippen LogP contribution in [0.5, 0.6) is 11.5 Å². The van der Waals surface area contributed by atoms with Crippen molar-refractivity contribution >= 4 is 17.6 Å². The first-order valence-electron chi connectivity index (χ1n) is 8.67. The Balaban J connectivity index is 2.30. The third-order valence-corrected chi connectivity index (χ3v) is 3.45. The standard InChI is InChI=1S/C19H22FN3O4/c1-3-9-26-18-12-19(27-10-4-2)17(23(24)25)11-14(18)13-21-22-16-7-5-15(20)6-8-16/h5-8,11-13,22H,3-4,9-10H2,1-2H3. The van der Waals surface area contributed by atoms with Crippen molar-refractivity contribution in [1.82, 2.24) is 0 Å². The molecule has 0 heterocycles. The summed E-state index contributed by atoms with van der Waals surface area (Å²) in [5.41, 5.74) is 3.61. The Morgan fingerprint density at radius 1 is 1.11 bits per heavy atom. The average molecular weight is 375 g/mol. The van der Waals surface area contributed by atoms with E-state index in [9.17, 15) is 14.5 Å². The van der Waals surface area contributed by atoms with Crippen LogP contribution < -0.4 is 14.9 Å². The lowest BCUT2D eigenvalue weighted by atomic mass is 10.1. The highest BCUT2D eigenvalue weighted by Crippen LogP contribution is 2.34. The smallest absolute Gasteiger partial charge is 0.311 e. The first-order valence-corrected chi connectivity index (χ1v) is 8.67. The van der Waals surface area contributed by atoms with Gasteiger partial charge in [0.1, 0.15) is 11.6 Å². The van der Waals surface area contributed by atoms with Gasteiger partial charge in [0.05, 0.1) is 30.0 Å². The molecular weight excluding hydrogens is 353 g/mol. The molecule has 0 aliphatic heterocycles. The molecule has 0 fully saturated rings. The van der Waals surface area contributed by atoms with Gasteiger partial charge in [0.2, 0.25) is 5.75 Å². The molecule has 8 heteroatoms. The minimum atomic E-state index is -0.501. The third kappa shape index (κ3) is 5.95. The van der Waals surface area contributed by atoms with Gasteiger partial charge in [-0.05, 0) is 37.1 Å². The summed E-state index contributed by atoms with van der Waals surface area (Å²) in [6, 6.07) is 8.56. The van der Waals surface area contributed by atoms with Crippen molar-refractivity contribution in [2.75, 3.05) is 18.6 Å². The molecule has 0 amide bonds. The number of nitro benzene ring substituents is 1. The van der Waals surface area contributed by atoms with Crippen molar-refractivity contribution in [3.05, 3.63) is 57.9 Å². The van der Waals surface area contributed by atoms with Gasteiger partial charge in [0.25, 0.3) is 0 Å². The van der Waals surface area contributed by atoms with Gasteiger partial charge in [0, 0.05) is 17.7 Å². The molecule has 0 spiro atoms. The van der Waals surface area contributed by atoms with Crippen LogP contribution in [0.25, 0.3) is 0 Å². The van der Waals surface area contributed by atoms with E-state index in [0.29, 0.717) is 30.2 Å². The molecule has 0 bridgehead atoms. The zero-order chi connectivity index (χ0) is 19.6. The van der Waals surface area contributed by atoms with E-state index in [2.05, 4.69) is 10.5 Å². The normalized spacial score (nSPS) is 10.8. The quantitative estimate of drug-likeness (QED) is 0.368. The van der Waals surface area contributed by atoms with Crippen molar-refractivity contribution in [3.63, 3.8) is 0 Å². The van der Waals surface area contributed by atoms with E-state index in [0.717, 1.165) is 12.8 Å². The van der Waals surface area contributed by atoms with Gasteiger partial charge >= 0.3 is 5.69 Å². The molecule has 0 aliphatic rings. The number of benzene rings is 2. The van der Waals surface area contributed by atoms with E-state index < -0.39 is 4.92 Å². The largest absolute Gasteiger partial charge is 0.493 e. The number of nitro groups is 1. The highest BCUT2D eigenvalue weighted by Gasteiger charge is 2.20. The third-order valence-electron chi connectivity index (χ3n) is 3.45. The lowest BCUT2D eigenvalue weighted by Gasteiger charge is -2.12. The van der Waals surface area contributed by atoms with Gasteiger partial charge in [-0.2, -0.15) is 5.10 Å². The zero-order valence-corrected chi connectivity index (χ0v) is 15.3. The maximum absolute atomic E-state index is 12.9. The molecule has 2 rings (SSSR count). The number of nitrogens with one attached hydrogen (secondary N) is 1. The van der Waals surface area contributed by atoms with Crippen molar-refractivity contribution in [2.45, 2.75) is 26.7 Å². The highest BCUT2D eigenvalue weighted by molar-refractivity contribution is 5.86. The minimum Gasteiger partial charge on any atom is -0.493 e. The van der Waals surface area contributed by atoms with E-state index in [4.69, 9.17) is 9.47 Å². The SMILES string of the molecule is CCCOc1cc(OCCC)c([N+](=O)[O-])cc1C=NNc1ccc(F)cc1. The second-order valence-corrected chi connectivity index (χ2v) is 5.69. The van der Waals surface area contributed by atoms with Gasteiger partial charge in [-0.3, -0.25) is 15.5 Å². The lowest BCUT2D eigenvalue weighted by molar-refractivity contribution is -0.385. The summed E-state index contributed by atoms with van der Waals surface area (Å²) in [6.45, 7) is 4.71. The van der Waals surface area contributed by atoms with Gasteiger partial charge in [-0.15, -0.1) is 0 Å². The van der Waals surface area contributed by atoms with Gasteiger partial charge in [0.15, 0.2) is 0 Å². The molecular formula is C19H22FN3O4. The van der Waals surface area contributed by atoms with Crippen LogP contribution in [-0.2, 0) is 0 Å². The molecule has 0 radical (unpaired) electrons. The number of hydrogen-bond donors (Lipinski definition) is 1. The molecule has 0 saturated carbocycles. The molecule has 144 valence electrons. The van der Waals surface area contributed by atoms with Crippen LogP contribution in [0.1, 0.15) is 32.3 Å². The topological polar surface area (TPSA) is 86.0 Å². The molecule has 0 atom stereocenters. The maximum atomic E-state index is 12.9. The number of hydrogen-bond acceptors (Lipinski definition) is 6. The Morgan fingerprint density at radius 3 is 2.33 bits per heavy atom. The van der Waals surface area contributed by atoms with E-state index in [-0.39, 0.29) is 17.3 Å². The van der Waals surface area contributed by atoms with Crippen LogP contribution in [0, 0.1) is 15.9 Å². The lowest BCUT2D eigenvalue weighted by Crippen LogP contribution is -2.04. The van der Waals surface area contributed by atoms with Crippen LogP contribution in [0.4, 0.5) is 15.8 Å². The van der Waals surface area contributed by atoms with Crippen LogP contribution in [-0.4, -0.2) is 24.4 Å². The fraction of sp³-hybridized carbons (Fsp3) is 0.316. The molecule has 27 heavy (non-hydrogen) atoms. The molecule has 0 unspecified atom stereocenters. The van der Waals surface area contributed by atoms with Gasteiger partial charge in [-0.25, -0.2) is 4.39 Å². The fourth-order valence-electron chi connectivity index (χ4n) is 2.17. The van der Waals surface area contributed by atoms with Crippen molar-refractivity contribution in [3.8, 4) is 11.5 Å². The van der Waals surface area contributed by atoms with Crippen LogP contribution in [0.15, 0.2) is 41.5 Å². The number of hydrazone groups is 1. The molecule has 0 saturated heterocycles. The molecule has 0 aromatic heterocycles. The molecule has 2 aromatic rings. The molecule has 2 aromatic carbocycles. The molecule has 1 N–H and O–H groups in total. The molecule has 0 aliphatic carbocycles. The van der Waals surface area contributed by atoms with E-state index in [1.54, 1.807) is 0 Å². The summed E-state index contributed by atoms with van der Waals surface area (Å²) < 4.78 is 24.1. The second-order valence-electron chi connectivity index (χ2n) is 5.69. The summed E-state index contributed by atoms with van der Waals surface area (Å²) in [4.78, 5) is 10.9.